The summed E-state index contributed by atoms with van der Waals surface area (Å²) in [5.41, 5.74) is 1.77. The fourth-order valence-electron chi connectivity index (χ4n) is 3.50. The number of carboxylic acid groups (broad SMARTS) is 2. The molecule has 2 atom stereocenters. The molecule has 3 rings (SSSR count). The molecule has 32 heavy (non-hydrogen) atoms. The second-order valence-corrected chi connectivity index (χ2v) is 9.47. The van der Waals surface area contributed by atoms with E-state index in [1.165, 1.54) is 0 Å². The first kappa shape index (κ1) is 24.0. The summed E-state index contributed by atoms with van der Waals surface area (Å²) >= 11 is 7.74. The van der Waals surface area contributed by atoms with Gasteiger partial charge >= 0.3 is 11.9 Å². The van der Waals surface area contributed by atoms with Gasteiger partial charge in [0, 0.05) is 20.7 Å². The van der Waals surface area contributed by atoms with E-state index in [4.69, 9.17) is 16.3 Å². The summed E-state index contributed by atoms with van der Waals surface area (Å²) in [6.45, 7) is 4.16. The van der Waals surface area contributed by atoms with E-state index in [0.29, 0.717) is 23.8 Å². The van der Waals surface area contributed by atoms with Crippen molar-refractivity contribution in [1.82, 2.24) is 5.32 Å². The molecule has 2 aromatic carbocycles. The zero-order valence-electron chi connectivity index (χ0n) is 17.9. The molecule has 3 aromatic rings. The number of ether oxygens (including phenoxy) is 1. The number of carboxylic acids is 2. The number of benzene rings is 2. The molecule has 0 saturated carbocycles. The maximum Gasteiger partial charge on any atom is 0.321 e. The van der Waals surface area contributed by atoms with Crippen molar-refractivity contribution in [3.8, 4) is 5.75 Å². The molecule has 0 radical (unpaired) electrons. The number of halogens is 1. The van der Waals surface area contributed by atoms with Crippen LogP contribution in [-0.2, 0) is 22.6 Å². The molecule has 0 aliphatic carbocycles. The minimum atomic E-state index is -1.09. The van der Waals surface area contributed by atoms with Gasteiger partial charge in [0.1, 0.15) is 24.4 Å². The van der Waals surface area contributed by atoms with Gasteiger partial charge in [0.25, 0.3) is 0 Å². The summed E-state index contributed by atoms with van der Waals surface area (Å²) < 4.78 is 7.09. The molecular formula is C24H26ClNO5S. The van der Waals surface area contributed by atoms with Crippen LogP contribution in [0.15, 0.2) is 47.8 Å². The first-order valence-corrected chi connectivity index (χ1v) is 11.6. The average molecular weight is 476 g/mol. The Morgan fingerprint density at radius 2 is 1.84 bits per heavy atom. The normalized spacial score (nSPS) is 13.2. The number of fused-ring (bicyclic) bond motifs is 1. The molecule has 0 amide bonds. The van der Waals surface area contributed by atoms with E-state index in [9.17, 15) is 19.8 Å². The predicted octanol–water partition coefficient (Wildman–Crippen LogP) is 5.22. The molecular weight excluding hydrogens is 450 g/mol. The Morgan fingerprint density at radius 3 is 2.53 bits per heavy atom. The van der Waals surface area contributed by atoms with E-state index < -0.39 is 24.0 Å². The lowest BCUT2D eigenvalue weighted by molar-refractivity contribution is -0.142. The largest absolute Gasteiger partial charge is 0.489 e. The van der Waals surface area contributed by atoms with Crippen molar-refractivity contribution in [2.75, 3.05) is 0 Å². The Balaban J connectivity index is 1.69. The molecule has 6 nitrogen and oxygen atoms in total. The number of nitrogens with one attached hydrogen (secondary N) is 1. The summed E-state index contributed by atoms with van der Waals surface area (Å²) in [6.07, 6.45) is 0.492. The Labute approximate surface area is 195 Å². The summed E-state index contributed by atoms with van der Waals surface area (Å²) in [5.74, 6) is -1.40. The van der Waals surface area contributed by atoms with Gasteiger partial charge in [-0.3, -0.25) is 14.9 Å². The van der Waals surface area contributed by atoms with Crippen LogP contribution in [0.1, 0.15) is 31.4 Å². The lowest BCUT2D eigenvalue weighted by atomic mass is 10.0. The quantitative estimate of drug-likeness (QED) is 0.352. The van der Waals surface area contributed by atoms with Gasteiger partial charge in [0.15, 0.2) is 0 Å². The van der Waals surface area contributed by atoms with Crippen molar-refractivity contribution in [3.05, 3.63) is 64.0 Å². The molecule has 8 heteroatoms. The van der Waals surface area contributed by atoms with Crippen LogP contribution in [0, 0.1) is 5.92 Å². The first-order valence-electron chi connectivity index (χ1n) is 10.3. The van der Waals surface area contributed by atoms with E-state index in [1.807, 2.05) is 49.6 Å². The van der Waals surface area contributed by atoms with Crippen LogP contribution in [0.25, 0.3) is 10.1 Å². The molecule has 0 aliphatic heterocycles. The number of rotatable bonds is 11. The third-order valence-corrected chi connectivity index (χ3v) is 6.30. The van der Waals surface area contributed by atoms with Crippen LogP contribution >= 0.6 is 22.9 Å². The van der Waals surface area contributed by atoms with Gasteiger partial charge in [-0.2, -0.15) is 0 Å². The van der Waals surface area contributed by atoms with E-state index in [0.717, 1.165) is 21.2 Å². The molecule has 0 unspecified atom stereocenters. The summed E-state index contributed by atoms with van der Waals surface area (Å²) in [5, 5.41) is 25.6. The zero-order chi connectivity index (χ0) is 23.3. The highest BCUT2D eigenvalue weighted by Gasteiger charge is 2.26. The van der Waals surface area contributed by atoms with Crippen LogP contribution in [0.5, 0.6) is 5.75 Å². The van der Waals surface area contributed by atoms with Gasteiger partial charge < -0.3 is 14.9 Å². The summed E-state index contributed by atoms with van der Waals surface area (Å²) in [7, 11) is 0. The highest BCUT2D eigenvalue weighted by Crippen LogP contribution is 2.29. The second-order valence-electron chi connectivity index (χ2n) is 8.12. The maximum atomic E-state index is 11.8. The average Bonchev–Trinajstić information content (AvgIpc) is 3.13. The molecule has 0 aliphatic rings. The first-order chi connectivity index (χ1) is 15.2. The Morgan fingerprint density at radius 1 is 1.09 bits per heavy atom. The van der Waals surface area contributed by atoms with Crippen molar-refractivity contribution >= 4 is 45.0 Å². The van der Waals surface area contributed by atoms with Gasteiger partial charge in [-0.05, 0) is 60.0 Å². The van der Waals surface area contributed by atoms with Gasteiger partial charge in [0.05, 0.1) is 0 Å². The topological polar surface area (TPSA) is 95.9 Å². The van der Waals surface area contributed by atoms with Crippen LogP contribution in [-0.4, -0.2) is 34.2 Å². The fraction of sp³-hybridized carbons (Fsp3) is 0.333. The van der Waals surface area contributed by atoms with Crippen molar-refractivity contribution in [2.24, 2.45) is 5.92 Å². The van der Waals surface area contributed by atoms with E-state index in [-0.39, 0.29) is 12.3 Å². The van der Waals surface area contributed by atoms with Gasteiger partial charge in [-0.25, -0.2) is 0 Å². The van der Waals surface area contributed by atoms with Gasteiger partial charge in [0.2, 0.25) is 0 Å². The Kier molecular flexibility index (Phi) is 8.12. The van der Waals surface area contributed by atoms with Crippen LogP contribution in [0.3, 0.4) is 0 Å². The van der Waals surface area contributed by atoms with Crippen molar-refractivity contribution in [1.29, 1.82) is 0 Å². The molecule has 0 saturated heterocycles. The molecule has 0 bridgehead atoms. The number of thiophene rings is 1. The van der Waals surface area contributed by atoms with Crippen LogP contribution in [0.2, 0.25) is 5.02 Å². The van der Waals surface area contributed by atoms with Crippen molar-refractivity contribution in [3.63, 3.8) is 0 Å². The summed E-state index contributed by atoms with van der Waals surface area (Å²) in [4.78, 5) is 23.3. The summed E-state index contributed by atoms with van der Waals surface area (Å²) in [6, 6.07) is 11.0. The number of hydrogen-bond donors (Lipinski definition) is 3. The predicted molar refractivity (Wildman–Crippen MR) is 127 cm³/mol. The third-order valence-electron chi connectivity index (χ3n) is 5.05. The van der Waals surface area contributed by atoms with E-state index in [1.54, 1.807) is 23.5 Å². The van der Waals surface area contributed by atoms with Crippen LogP contribution in [0.4, 0.5) is 0 Å². The molecule has 0 fully saturated rings. The number of aliphatic carboxylic acids is 2. The zero-order valence-corrected chi connectivity index (χ0v) is 19.4. The van der Waals surface area contributed by atoms with Crippen LogP contribution < -0.4 is 10.1 Å². The van der Waals surface area contributed by atoms with Gasteiger partial charge in [-0.1, -0.05) is 37.6 Å². The molecule has 1 heterocycles. The van der Waals surface area contributed by atoms with Crippen molar-refractivity contribution < 1.29 is 24.5 Å². The lowest BCUT2D eigenvalue weighted by Gasteiger charge is -2.22. The fourth-order valence-corrected chi connectivity index (χ4v) is 4.60. The lowest BCUT2D eigenvalue weighted by Crippen LogP contribution is -2.48. The smallest absolute Gasteiger partial charge is 0.321 e. The third kappa shape index (κ3) is 6.45. The molecule has 170 valence electrons. The monoisotopic (exact) mass is 475 g/mol. The highest BCUT2D eigenvalue weighted by molar-refractivity contribution is 7.17. The number of carbonyl (C=O) groups is 2. The Hall–Kier alpha value is -2.61. The number of hydrogen-bond acceptors (Lipinski definition) is 5. The minimum Gasteiger partial charge on any atom is -0.489 e. The van der Waals surface area contributed by atoms with Crippen molar-refractivity contribution in [2.45, 2.75) is 45.4 Å². The SMILES string of the molecule is CC(C)C[C@H](N[C@@H](Cc1cccc(OCc2csc3ccc(Cl)cc23)c1)C(=O)O)C(=O)O. The maximum absolute atomic E-state index is 11.8. The molecule has 0 spiro atoms. The van der Waals surface area contributed by atoms with Gasteiger partial charge in [-0.15, -0.1) is 11.3 Å². The molecule has 3 N–H and O–H groups in total. The Bertz CT molecular complexity index is 1100. The minimum absolute atomic E-state index is 0.123. The molecule has 1 aromatic heterocycles. The standard InChI is InChI=1S/C24H26ClNO5S/c1-14(2)8-20(23(27)28)26-21(24(29)30)10-15-4-3-5-18(9-15)31-12-16-13-32-22-7-6-17(25)11-19(16)22/h3-7,9,11,13-14,20-21,26H,8,10,12H2,1-2H3,(H,27,28)(H,29,30)/t20-,21-/m0/s1. The second kappa shape index (κ2) is 10.8. The van der Waals surface area contributed by atoms with E-state index in [2.05, 4.69) is 5.32 Å². The van der Waals surface area contributed by atoms with E-state index >= 15 is 0 Å². The highest BCUT2D eigenvalue weighted by atomic mass is 35.5.